The Morgan fingerprint density at radius 3 is 2.33 bits per heavy atom. The number of hydrogen-bond acceptors (Lipinski definition) is 2. The number of rotatable bonds is 1. The van der Waals surface area contributed by atoms with Crippen LogP contribution in [0.5, 0.6) is 0 Å². The van der Waals surface area contributed by atoms with Gasteiger partial charge >= 0.3 is 0 Å². The van der Waals surface area contributed by atoms with Crippen molar-refractivity contribution in [3.05, 3.63) is 0 Å². The van der Waals surface area contributed by atoms with Crippen LogP contribution in [0.2, 0.25) is 0 Å². The molecule has 0 aromatic rings. The zero-order valence-corrected chi connectivity index (χ0v) is 9.01. The molecule has 1 N–H and O–H groups in total. The summed E-state index contributed by atoms with van der Waals surface area (Å²) in [5.74, 6) is 0. The summed E-state index contributed by atoms with van der Waals surface area (Å²) in [6.45, 7) is 1.17. The van der Waals surface area contributed by atoms with Gasteiger partial charge in [0.15, 0.2) is 0 Å². The van der Waals surface area contributed by atoms with Crippen LogP contribution in [0.3, 0.4) is 0 Å². The lowest BCUT2D eigenvalue weighted by atomic mass is 9.89. The summed E-state index contributed by atoms with van der Waals surface area (Å²) in [6.07, 6.45) is 6.68. The summed E-state index contributed by atoms with van der Waals surface area (Å²) in [5, 5.41) is 9.45. The van der Waals surface area contributed by atoms with Gasteiger partial charge in [0.2, 0.25) is 6.93 Å². The molecule has 15 heavy (non-hydrogen) atoms. The van der Waals surface area contributed by atoms with Gasteiger partial charge in [-0.05, 0) is 44.1 Å². The molecule has 2 nitrogen and oxygen atoms in total. The van der Waals surface area contributed by atoms with Crippen molar-refractivity contribution in [3.63, 3.8) is 0 Å². The van der Waals surface area contributed by atoms with Crippen LogP contribution >= 0.6 is 0 Å². The summed E-state index contributed by atoms with van der Waals surface area (Å²) >= 11 is 0. The van der Waals surface area contributed by atoms with Gasteiger partial charge in [-0.2, -0.15) is 0 Å². The molecule has 0 aromatic carbocycles. The Hall–Kier alpha value is -0.220. The molecular weight excluding hydrogens is 200 g/mol. The molecule has 1 saturated carbocycles. The molecule has 88 valence electrons. The van der Waals surface area contributed by atoms with Gasteiger partial charge in [-0.1, -0.05) is 0 Å². The third-order valence-corrected chi connectivity index (χ3v) is 4.22. The Balaban J connectivity index is 0.000000258. The number of aliphatic hydroxyl groups is 1. The number of nitrogens with zero attached hydrogens (tertiary/aromatic N) is 1. The second-order valence-electron chi connectivity index (χ2n) is 5.19. The van der Waals surface area contributed by atoms with E-state index in [4.69, 9.17) is 0 Å². The van der Waals surface area contributed by atoms with Crippen LogP contribution in [-0.4, -0.2) is 42.2 Å². The number of fused-ring (bicyclic) bond motifs is 1. The summed E-state index contributed by atoms with van der Waals surface area (Å²) < 4.78 is 19.2. The van der Waals surface area contributed by atoms with E-state index in [0.717, 1.165) is 0 Å². The van der Waals surface area contributed by atoms with E-state index < -0.39 is 6.93 Å². The van der Waals surface area contributed by atoms with Crippen LogP contribution in [0.15, 0.2) is 0 Å². The van der Waals surface area contributed by atoms with Crippen LogP contribution in [0, 0.1) is 5.41 Å². The van der Waals surface area contributed by atoms with Gasteiger partial charge in [0, 0.05) is 12.1 Å². The van der Waals surface area contributed by atoms with Crippen LogP contribution in [0.1, 0.15) is 32.1 Å². The smallest absolute Gasteiger partial charge is 0.229 e. The Morgan fingerprint density at radius 2 is 1.87 bits per heavy atom. The predicted octanol–water partition coefficient (Wildman–Crippen LogP) is 1.88. The second-order valence-corrected chi connectivity index (χ2v) is 5.19. The Bertz CT molecular complexity index is 233. The van der Waals surface area contributed by atoms with Gasteiger partial charge in [0.1, 0.15) is 0 Å². The van der Waals surface area contributed by atoms with Gasteiger partial charge in [-0.15, -0.1) is 0 Å². The molecule has 0 aromatic heterocycles. The van der Waals surface area contributed by atoms with E-state index in [0.29, 0.717) is 12.0 Å². The van der Waals surface area contributed by atoms with E-state index in [9.17, 15) is 13.9 Å². The average molecular weight is 219 g/mol. The maximum Gasteiger partial charge on any atom is 0.229 e. The standard InChI is InChI=1S/C10H17NO.CH2F2/c12-8-10-2-1-5-11(10)7-9(6-10)3-4-9;2-1-3/h12H,1-8H2;1H2/t10-;/m0./s1. The molecule has 3 fully saturated rings. The van der Waals surface area contributed by atoms with Gasteiger partial charge < -0.3 is 5.11 Å². The van der Waals surface area contributed by atoms with E-state index in [1.54, 1.807) is 0 Å². The highest BCUT2D eigenvalue weighted by Crippen LogP contribution is 2.60. The van der Waals surface area contributed by atoms with E-state index >= 15 is 0 Å². The van der Waals surface area contributed by atoms with Crippen molar-refractivity contribution >= 4 is 0 Å². The van der Waals surface area contributed by atoms with Crippen molar-refractivity contribution in [3.8, 4) is 0 Å². The molecule has 1 spiro atoms. The fourth-order valence-electron chi connectivity index (χ4n) is 3.35. The second kappa shape index (κ2) is 3.98. The van der Waals surface area contributed by atoms with E-state index in [-0.39, 0.29) is 5.54 Å². The van der Waals surface area contributed by atoms with Gasteiger partial charge in [-0.3, -0.25) is 4.90 Å². The topological polar surface area (TPSA) is 23.5 Å². The monoisotopic (exact) mass is 219 g/mol. The fourth-order valence-corrected chi connectivity index (χ4v) is 3.35. The first-order chi connectivity index (χ1) is 7.20. The Kier molecular flexibility index (Phi) is 2.99. The molecule has 2 heterocycles. The summed E-state index contributed by atoms with van der Waals surface area (Å²) in [7, 11) is 0. The molecule has 2 aliphatic heterocycles. The number of hydrogen-bond donors (Lipinski definition) is 1. The van der Waals surface area contributed by atoms with Crippen LogP contribution in [-0.2, 0) is 0 Å². The number of alkyl halides is 2. The molecule has 4 heteroatoms. The molecule has 2 saturated heterocycles. The van der Waals surface area contributed by atoms with E-state index in [2.05, 4.69) is 4.90 Å². The van der Waals surface area contributed by atoms with Crippen molar-refractivity contribution < 1.29 is 13.9 Å². The fraction of sp³-hybridized carbons (Fsp3) is 1.00. The Labute approximate surface area is 89.3 Å². The highest BCUT2D eigenvalue weighted by molar-refractivity contribution is 5.13. The summed E-state index contributed by atoms with van der Waals surface area (Å²) in [4.78, 5) is 2.56. The highest BCUT2D eigenvalue weighted by atomic mass is 19.3. The molecule has 0 amide bonds. The minimum absolute atomic E-state index is 0.233. The molecular formula is C11H19F2NO. The van der Waals surface area contributed by atoms with Crippen LogP contribution in [0.25, 0.3) is 0 Å². The normalized spacial score (nSPS) is 36.2. The summed E-state index contributed by atoms with van der Waals surface area (Å²) in [5.41, 5.74) is 0.902. The van der Waals surface area contributed by atoms with Crippen molar-refractivity contribution in [1.29, 1.82) is 0 Å². The molecule has 0 bridgehead atoms. The minimum atomic E-state index is -1.75. The van der Waals surface area contributed by atoms with Crippen molar-refractivity contribution in [2.24, 2.45) is 5.41 Å². The molecule has 0 unspecified atom stereocenters. The van der Waals surface area contributed by atoms with Gasteiger partial charge in [0.05, 0.1) is 6.61 Å². The number of halogens is 2. The molecule has 1 aliphatic carbocycles. The zero-order valence-electron chi connectivity index (χ0n) is 9.01. The SMILES string of the molecule is FCF.OC[C@@]12CCCN1CC1(CC1)C2. The molecule has 3 aliphatic rings. The maximum atomic E-state index is 9.62. The third-order valence-electron chi connectivity index (χ3n) is 4.22. The summed E-state index contributed by atoms with van der Waals surface area (Å²) in [6, 6.07) is 0. The molecule has 1 atom stereocenters. The minimum Gasteiger partial charge on any atom is -0.394 e. The predicted molar refractivity (Wildman–Crippen MR) is 54.0 cm³/mol. The van der Waals surface area contributed by atoms with Gasteiger partial charge in [0.25, 0.3) is 0 Å². The zero-order chi connectivity index (χ0) is 10.9. The lowest BCUT2D eigenvalue weighted by Gasteiger charge is -2.29. The van der Waals surface area contributed by atoms with Crippen molar-refractivity contribution in [1.82, 2.24) is 4.90 Å². The van der Waals surface area contributed by atoms with Gasteiger partial charge in [-0.25, -0.2) is 8.78 Å². The first-order valence-electron chi connectivity index (χ1n) is 5.68. The first kappa shape index (κ1) is 11.3. The third kappa shape index (κ3) is 1.89. The highest BCUT2D eigenvalue weighted by Gasteiger charge is 2.59. The van der Waals surface area contributed by atoms with Crippen LogP contribution in [0.4, 0.5) is 8.78 Å². The lowest BCUT2D eigenvalue weighted by Crippen LogP contribution is -2.41. The van der Waals surface area contributed by atoms with E-state index in [1.807, 2.05) is 0 Å². The van der Waals surface area contributed by atoms with E-state index in [1.165, 1.54) is 45.2 Å². The molecule has 3 rings (SSSR count). The van der Waals surface area contributed by atoms with Crippen molar-refractivity contribution in [2.75, 3.05) is 26.6 Å². The quantitative estimate of drug-likeness (QED) is 0.728. The Morgan fingerprint density at radius 1 is 1.20 bits per heavy atom. The molecule has 0 radical (unpaired) electrons. The average Bonchev–Trinajstić information content (AvgIpc) is 2.69. The van der Waals surface area contributed by atoms with Crippen molar-refractivity contribution in [2.45, 2.75) is 37.6 Å². The lowest BCUT2D eigenvalue weighted by molar-refractivity contribution is 0.0997. The maximum absolute atomic E-state index is 9.62. The largest absolute Gasteiger partial charge is 0.394 e. The number of aliphatic hydroxyl groups excluding tert-OH is 1. The first-order valence-corrected chi connectivity index (χ1v) is 5.68. The van der Waals surface area contributed by atoms with Crippen LogP contribution < -0.4 is 0 Å².